The monoisotopic (exact) mass is 346 g/mol. The molecule has 4 nitrogen and oxygen atoms in total. The Kier molecular flexibility index (Phi) is 5.32. The minimum atomic E-state index is -0.120. The number of aryl methyl sites for hydroxylation is 1. The summed E-state index contributed by atoms with van der Waals surface area (Å²) in [5, 5.41) is 0. The first-order valence-corrected chi connectivity index (χ1v) is 8.71. The van der Waals surface area contributed by atoms with Crippen molar-refractivity contribution in [2.75, 3.05) is 11.4 Å². The van der Waals surface area contributed by atoms with Crippen LogP contribution >= 0.6 is 0 Å². The van der Waals surface area contributed by atoms with E-state index in [2.05, 4.69) is 0 Å². The predicted octanol–water partition coefficient (Wildman–Crippen LogP) is 3.87. The molecule has 0 saturated carbocycles. The maximum absolute atomic E-state index is 12.9. The zero-order valence-corrected chi connectivity index (χ0v) is 15.1. The van der Waals surface area contributed by atoms with E-state index >= 15 is 0 Å². The summed E-state index contributed by atoms with van der Waals surface area (Å²) in [6.45, 7) is 4.96. The second kappa shape index (κ2) is 7.83. The third-order valence-electron chi connectivity index (χ3n) is 4.33. The lowest BCUT2D eigenvalue weighted by atomic mass is 10.1. The zero-order chi connectivity index (χ0) is 18.5. The molecular formula is C22H22N2O2. The molecule has 2 aromatic carbocycles. The van der Waals surface area contributed by atoms with Gasteiger partial charge in [-0.15, -0.1) is 0 Å². The van der Waals surface area contributed by atoms with Crippen LogP contribution < -0.4 is 10.5 Å². The van der Waals surface area contributed by atoms with Crippen molar-refractivity contribution in [2.45, 2.75) is 20.4 Å². The highest BCUT2D eigenvalue weighted by molar-refractivity contribution is 6.05. The summed E-state index contributed by atoms with van der Waals surface area (Å²) in [6.07, 6.45) is 1.65. The number of aromatic nitrogens is 1. The van der Waals surface area contributed by atoms with E-state index in [0.717, 1.165) is 11.3 Å². The van der Waals surface area contributed by atoms with Gasteiger partial charge in [-0.05, 0) is 37.6 Å². The molecule has 0 unspecified atom stereocenters. The second-order valence-electron chi connectivity index (χ2n) is 6.25. The molecule has 0 aliphatic rings. The van der Waals surface area contributed by atoms with Crippen LogP contribution in [0.3, 0.4) is 0 Å². The fourth-order valence-corrected chi connectivity index (χ4v) is 2.88. The van der Waals surface area contributed by atoms with Gasteiger partial charge in [-0.1, -0.05) is 48.0 Å². The van der Waals surface area contributed by atoms with Crippen LogP contribution in [-0.2, 0) is 6.54 Å². The topological polar surface area (TPSA) is 42.3 Å². The van der Waals surface area contributed by atoms with Gasteiger partial charge >= 0.3 is 0 Å². The number of hydrogen-bond acceptors (Lipinski definition) is 2. The third-order valence-corrected chi connectivity index (χ3v) is 4.33. The van der Waals surface area contributed by atoms with Gasteiger partial charge in [0.2, 0.25) is 0 Å². The first kappa shape index (κ1) is 17.7. The highest BCUT2D eigenvalue weighted by Crippen LogP contribution is 2.16. The highest BCUT2D eigenvalue weighted by Gasteiger charge is 2.16. The van der Waals surface area contributed by atoms with Crippen LogP contribution in [0.5, 0.6) is 0 Å². The number of carbonyl (C=O) groups excluding carboxylic acids is 1. The molecule has 0 spiro atoms. The van der Waals surface area contributed by atoms with Gasteiger partial charge < -0.3 is 9.47 Å². The number of rotatable bonds is 5. The minimum absolute atomic E-state index is 0.114. The van der Waals surface area contributed by atoms with Gasteiger partial charge in [0.05, 0.1) is 12.1 Å². The third kappa shape index (κ3) is 3.91. The quantitative estimate of drug-likeness (QED) is 0.704. The van der Waals surface area contributed by atoms with Crippen LogP contribution in [0.15, 0.2) is 77.7 Å². The maximum Gasteiger partial charge on any atom is 0.259 e. The standard InChI is InChI=1S/C22H22N2O2/c1-3-24(20-7-5-4-6-8-20)22(26)19-13-14-21(25)23(16-19)15-18-11-9-17(2)10-12-18/h4-14,16H,3,15H2,1-2H3. The predicted molar refractivity (Wildman–Crippen MR) is 105 cm³/mol. The molecule has 1 amide bonds. The smallest absolute Gasteiger partial charge is 0.259 e. The molecule has 0 aliphatic heterocycles. The Bertz CT molecular complexity index is 944. The molecule has 0 bridgehead atoms. The van der Waals surface area contributed by atoms with Gasteiger partial charge in [0, 0.05) is 24.5 Å². The van der Waals surface area contributed by atoms with Gasteiger partial charge in [-0.3, -0.25) is 9.59 Å². The number of benzene rings is 2. The molecule has 3 rings (SSSR count). The van der Waals surface area contributed by atoms with Crippen LogP contribution in [0, 0.1) is 6.92 Å². The van der Waals surface area contributed by atoms with Gasteiger partial charge in [0.15, 0.2) is 0 Å². The van der Waals surface area contributed by atoms with Crippen LogP contribution in [0.2, 0.25) is 0 Å². The van der Waals surface area contributed by atoms with E-state index in [1.165, 1.54) is 11.6 Å². The first-order chi connectivity index (χ1) is 12.6. The van der Waals surface area contributed by atoms with Crippen LogP contribution in [0.1, 0.15) is 28.4 Å². The Morgan fingerprint density at radius 3 is 2.31 bits per heavy atom. The number of hydrogen-bond donors (Lipinski definition) is 0. The van der Waals surface area contributed by atoms with Crippen molar-refractivity contribution in [3.63, 3.8) is 0 Å². The lowest BCUT2D eigenvalue weighted by Crippen LogP contribution is -2.32. The van der Waals surface area contributed by atoms with Crippen LogP contribution in [0.25, 0.3) is 0 Å². The molecule has 1 aromatic heterocycles. The lowest BCUT2D eigenvalue weighted by molar-refractivity contribution is 0.0987. The van der Waals surface area contributed by atoms with Crippen molar-refractivity contribution in [1.82, 2.24) is 4.57 Å². The molecule has 3 aromatic rings. The van der Waals surface area contributed by atoms with E-state index in [4.69, 9.17) is 0 Å². The number of anilines is 1. The maximum atomic E-state index is 12.9. The molecule has 26 heavy (non-hydrogen) atoms. The Morgan fingerprint density at radius 1 is 0.962 bits per heavy atom. The number of amides is 1. The fourth-order valence-electron chi connectivity index (χ4n) is 2.88. The Hall–Kier alpha value is -3.14. The molecule has 0 saturated heterocycles. The Morgan fingerprint density at radius 2 is 1.65 bits per heavy atom. The van der Waals surface area contributed by atoms with Crippen molar-refractivity contribution in [3.8, 4) is 0 Å². The van der Waals surface area contributed by atoms with E-state index in [1.807, 2.05) is 68.4 Å². The van der Waals surface area contributed by atoms with Crippen LogP contribution in [-0.4, -0.2) is 17.0 Å². The number of nitrogens with zero attached hydrogens (tertiary/aromatic N) is 2. The average Bonchev–Trinajstić information content (AvgIpc) is 2.66. The summed E-state index contributed by atoms with van der Waals surface area (Å²) in [5.41, 5.74) is 3.42. The Labute approximate surface area is 153 Å². The van der Waals surface area contributed by atoms with Crippen molar-refractivity contribution in [2.24, 2.45) is 0 Å². The van der Waals surface area contributed by atoms with Gasteiger partial charge in [-0.2, -0.15) is 0 Å². The summed E-state index contributed by atoms with van der Waals surface area (Å²) in [7, 11) is 0. The molecule has 0 aliphatic carbocycles. The molecular weight excluding hydrogens is 324 g/mol. The molecule has 0 fully saturated rings. The largest absolute Gasteiger partial charge is 0.310 e. The fraction of sp³-hybridized carbons (Fsp3) is 0.182. The van der Waals surface area contributed by atoms with E-state index < -0.39 is 0 Å². The lowest BCUT2D eigenvalue weighted by Gasteiger charge is -2.21. The minimum Gasteiger partial charge on any atom is -0.310 e. The summed E-state index contributed by atoms with van der Waals surface area (Å²) in [4.78, 5) is 26.9. The van der Waals surface area contributed by atoms with E-state index in [0.29, 0.717) is 18.7 Å². The Balaban J connectivity index is 1.89. The van der Waals surface area contributed by atoms with Crippen LogP contribution in [0.4, 0.5) is 5.69 Å². The summed E-state index contributed by atoms with van der Waals surface area (Å²) in [6, 6.07) is 20.6. The summed E-state index contributed by atoms with van der Waals surface area (Å²) in [5.74, 6) is -0.114. The average molecular weight is 346 g/mol. The summed E-state index contributed by atoms with van der Waals surface area (Å²) >= 11 is 0. The molecule has 132 valence electrons. The highest BCUT2D eigenvalue weighted by atomic mass is 16.2. The van der Waals surface area contributed by atoms with Crippen molar-refractivity contribution in [3.05, 3.63) is 100.0 Å². The number of pyridine rings is 1. The van der Waals surface area contributed by atoms with E-state index in [-0.39, 0.29) is 11.5 Å². The molecule has 0 radical (unpaired) electrons. The number of para-hydroxylation sites is 1. The van der Waals surface area contributed by atoms with Crippen molar-refractivity contribution in [1.29, 1.82) is 0 Å². The van der Waals surface area contributed by atoms with Gasteiger partial charge in [0.25, 0.3) is 11.5 Å². The zero-order valence-electron chi connectivity index (χ0n) is 15.1. The van der Waals surface area contributed by atoms with Crippen molar-refractivity contribution < 1.29 is 4.79 Å². The molecule has 0 atom stereocenters. The van der Waals surface area contributed by atoms with Gasteiger partial charge in [0.1, 0.15) is 0 Å². The van der Waals surface area contributed by atoms with E-state index in [9.17, 15) is 9.59 Å². The first-order valence-electron chi connectivity index (χ1n) is 8.71. The van der Waals surface area contributed by atoms with E-state index in [1.54, 1.807) is 21.7 Å². The SMILES string of the molecule is CCN(C(=O)c1ccc(=O)n(Cc2ccc(C)cc2)c1)c1ccccc1. The second-order valence-corrected chi connectivity index (χ2v) is 6.25. The summed E-state index contributed by atoms with van der Waals surface area (Å²) < 4.78 is 1.58. The molecule has 0 N–H and O–H groups in total. The van der Waals surface area contributed by atoms with Gasteiger partial charge in [-0.25, -0.2) is 0 Å². The molecule has 1 heterocycles. The van der Waals surface area contributed by atoms with Crippen molar-refractivity contribution >= 4 is 11.6 Å². The normalized spacial score (nSPS) is 10.5. The number of carbonyl (C=O) groups is 1. The molecule has 4 heteroatoms.